The van der Waals surface area contributed by atoms with E-state index in [-0.39, 0.29) is 11.1 Å². The van der Waals surface area contributed by atoms with E-state index in [0.717, 1.165) is 16.8 Å². The molecule has 35 heavy (non-hydrogen) atoms. The Labute approximate surface area is 200 Å². The van der Waals surface area contributed by atoms with E-state index in [4.69, 9.17) is 9.97 Å². The van der Waals surface area contributed by atoms with Gasteiger partial charge in [0.25, 0.3) is 11.8 Å². The maximum atomic E-state index is 13.8. The molecular weight excluding hydrogens is 443 g/mol. The molecule has 0 bridgehead atoms. The highest BCUT2D eigenvalue weighted by atomic mass is 19.1. The van der Waals surface area contributed by atoms with Crippen molar-refractivity contribution in [3.8, 4) is 22.5 Å². The second kappa shape index (κ2) is 9.52. The lowest BCUT2D eigenvalue weighted by Gasteiger charge is -2.12. The number of nitrogens with one attached hydrogen (secondary N) is 2. The van der Waals surface area contributed by atoms with Crippen LogP contribution in [-0.2, 0) is 0 Å². The van der Waals surface area contributed by atoms with Crippen LogP contribution in [0, 0.1) is 5.82 Å². The molecule has 0 aliphatic carbocycles. The Bertz CT molecular complexity index is 1540. The van der Waals surface area contributed by atoms with Gasteiger partial charge in [0.15, 0.2) is 0 Å². The van der Waals surface area contributed by atoms with Crippen LogP contribution in [0.3, 0.4) is 0 Å². The molecule has 0 aliphatic heterocycles. The topological polar surface area (TPSA) is 84.0 Å². The van der Waals surface area contributed by atoms with E-state index in [1.54, 1.807) is 18.2 Å². The Morgan fingerprint density at radius 1 is 0.600 bits per heavy atom. The van der Waals surface area contributed by atoms with Gasteiger partial charge < -0.3 is 0 Å². The van der Waals surface area contributed by atoms with E-state index in [2.05, 4.69) is 10.9 Å². The molecule has 1 heterocycles. The summed E-state index contributed by atoms with van der Waals surface area (Å²) in [6.07, 6.45) is 0. The zero-order chi connectivity index (χ0) is 24.2. The highest BCUT2D eigenvalue weighted by Gasteiger charge is 2.16. The first-order chi connectivity index (χ1) is 17.1. The number of rotatable bonds is 4. The van der Waals surface area contributed by atoms with E-state index >= 15 is 0 Å². The van der Waals surface area contributed by atoms with Crippen molar-refractivity contribution in [2.75, 3.05) is 0 Å². The molecule has 5 aromatic rings. The molecular formula is C28H19FN4O2. The van der Waals surface area contributed by atoms with Crippen LogP contribution >= 0.6 is 0 Å². The largest absolute Gasteiger partial charge is 0.272 e. The average molecular weight is 462 g/mol. The van der Waals surface area contributed by atoms with Crippen molar-refractivity contribution >= 4 is 22.8 Å². The highest BCUT2D eigenvalue weighted by Crippen LogP contribution is 2.31. The van der Waals surface area contributed by atoms with Crippen LogP contribution in [0.5, 0.6) is 0 Å². The monoisotopic (exact) mass is 462 g/mol. The fourth-order valence-corrected chi connectivity index (χ4v) is 3.69. The van der Waals surface area contributed by atoms with Crippen molar-refractivity contribution in [3.05, 3.63) is 120 Å². The van der Waals surface area contributed by atoms with Crippen molar-refractivity contribution in [1.82, 2.24) is 20.8 Å². The third-order valence-electron chi connectivity index (χ3n) is 5.43. The predicted octanol–water partition coefficient (Wildman–Crippen LogP) is 5.18. The van der Waals surface area contributed by atoms with Crippen molar-refractivity contribution in [2.24, 2.45) is 0 Å². The molecule has 0 radical (unpaired) electrons. The minimum Gasteiger partial charge on any atom is -0.267 e. The molecule has 5 rings (SSSR count). The maximum absolute atomic E-state index is 13.8. The van der Waals surface area contributed by atoms with E-state index in [1.165, 1.54) is 24.3 Å². The van der Waals surface area contributed by atoms with Crippen LogP contribution in [0.1, 0.15) is 20.7 Å². The lowest BCUT2D eigenvalue weighted by atomic mass is 10.0. The molecule has 0 saturated heterocycles. The summed E-state index contributed by atoms with van der Waals surface area (Å²) in [5.74, 6) is -1.99. The summed E-state index contributed by atoms with van der Waals surface area (Å²) in [5.41, 5.74) is 9.06. The molecule has 4 aromatic carbocycles. The first-order valence-corrected chi connectivity index (χ1v) is 10.9. The van der Waals surface area contributed by atoms with Gasteiger partial charge in [-0.15, -0.1) is 0 Å². The molecule has 2 amide bonds. The summed E-state index contributed by atoms with van der Waals surface area (Å²) in [6, 6.07) is 29.9. The number of fused-ring (bicyclic) bond motifs is 1. The number of hydrogen-bond acceptors (Lipinski definition) is 4. The molecule has 0 fully saturated rings. The van der Waals surface area contributed by atoms with Gasteiger partial charge in [-0.05, 0) is 30.3 Å². The Morgan fingerprint density at radius 3 is 1.77 bits per heavy atom. The molecule has 0 unspecified atom stereocenters. The van der Waals surface area contributed by atoms with Crippen LogP contribution in [0.2, 0.25) is 0 Å². The number of nitrogens with zero attached hydrogens (tertiary/aromatic N) is 2. The molecule has 2 N–H and O–H groups in total. The Morgan fingerprint density at radius 2 is 1.14 bits per heavy atom. The fraction of sp³-hybridized carbons (Fsp3) is 0. The van der Waals surface area contributed by atoms with Crippen molar-refractivity contribution in [1.29, 1.82) is 0 Å². The minimum atomic E-state index is -0.754. The zero-order valence-corrected chi connectivity index (χ0v) is 18.4. The van der Waals surface area contributed by atoms with Gasteiger partial charge in [-0.2, -0.15) is 0 Å². The van der Waals surface area contributed by atoms with Crippen molar-refractivity contribution in [2.45, 2.75) is 0 Å². The van der Waals surface area contributed by atoms with Gasteiger partial charge in [-0.1, -0.05) is 72.8 Å². The lowest BCUT2D eigenvalue weighted by Crippen LogP contribution is -2.41. The van der Waals surface area contributed by atoms with E-state index < -0.39 is 17.6 Å². The number of carbonyl (C=O) groups excluding carboxylic acids is 2. The maximum Gasteiger partial charge on any atom is 0.272 e. The second-order valence-corrected chi connectivity index (χ2v) is 7.74. The third-order valence-corrected chi connectivity index (χ3v) is 5.43. The molecule has 1 aromatic heterocycles. The van der Waals surface area contributed by atoms with Crippen LogP contribution in [0.25, 0.3) is 33.5 Å². The summed E-state index contributed by atoms with van der Waals surface area (Å²) in [6.45, 7) is 0. The summed E-state index contributed by atoms with van der Waals surface area (Å²) in [7, 11) is 0. The Balaban J connectivity index is 1.47. The summed E-state index contributed by atoms with van der Waals surface area (Å²) < 4.78 is 13.8. The summed E-state index contributed by atoms with van der Waals surface area (Å²) >= 11 is 0. The quantitative estimate of drug-likeness (QED) is 0.361. The van der Waals surface area contributed by atoms with Crippen molar-refractivity contribution < 1.29 is 14.0 Å². The molecule has 170 valence electrons. The average Bonchev–Trinajstić information content (AvgIpc) is 2.91. The molecule has 6 nitrogen and oxygen atoms in total. The van der Waals surface area contributed by atoms with E-state index in [1.807, 2.05) is 60.7 Å². The number of hydrogen-bond donors (Lipinski definition) is 2. The first-order valence-electron chi connectivity index (χ1n) is 10.9. The normalized spacial score (nSPS) is 10.7. The zero-order valence-electron chi connectivity index (χ0n) is 18.4. The van der Waals surface area contributed by atoms with Crippen LogP contribution in [0.15, 0.2) is 103 Å². The molecule has 0 atom stereocenters. The van der Waals surface area contributed by atoms with E-state index in [0.29, 0.717) is 16.7 Å². The van der Waals surface area contributed by atoms with Crippen LogP contribution < -0.4 is 10.9 Å². The minimum absolute atomic E-state index is 0.168. The third kappa shape index (κ3) is 4.60. The highest BCUT2D eigenvalue weighted by molar-refractivity contribution is 6.01. The lowest BCUT2D eigenvalue weighted by molar-refractivity contribution is 0.0844. The van der Waals surface area contributed by atoms with Gasteiger partial charge in [0.2, 0.25) is 0 Å². The smallest absolute Gasteiger partial charge is 0.267 e. The van der Waals surface area contributed by atoms with Crippen LogP contribution in [-0.4, -0.2) is 21.8 Å². The van der Waals surface area contributed by atoms with E-state index in [9.17, 15) is 14.0 Å². The van der Waals surface area contributed by atoms with Gasteiger partial charge in [0, 0.05) is 16.7 Å². The van der Waals surface area contributed by atoms with Crippen molar-refractivity contribution in [3.63, 3.8) is 0 Å². The molecule has 0 spiro atoms. The Kier molecular flexibility index (Phi) is 5.96. The summed E-state index contributed by atoms with van der Waals surface area (Å²) in [4.78, 5) is 34.6. The molecule has 0 saturated carbocycles. The summed E-state index contributed by atoms with van der Waals surface area (Å²) in [5, 5.41) is 0. The number of aromatic nitrogens is 2. The number of benzene rings is 4. The van der Waals surface area contributed by atoms with Gasteiger partial charge in [-0.3, -0.25) is 20.4 Å². The Hall–Kier alpha value is -4.91. The SMILES string of the molecule is O=C(NNC(=O)c1ccccc1F)c1ccc2nc(-c3ccccc3)c(-c3ccccc3)nc2c1. The number of carbonyl (C=O) groups is 2. The van der Waals surface area contributed by atoms with Gasteiger partial charge in [0.1, 0.15) is 5.82 Å². The second-order valence-electron chi connectivity index (χ2n) is 7.74. The van der Waals surface area contributed by atoms with Gasteiger partial charge in [-0.25, -0.2) is 14.4 Å². The molecule has 0 aliphatic rings. The number of hydrazine groups is 1. The number of amides is 2. The van der Waals surface area contributed by atoms with Crippen LogP contribution in [0.4, 0.5) is 4.39 Å². The van der Waals surface area contributed by atoms with Gasteiger partial charge in [0.05, 0.1) is 28.0 Å². The fourth-order valence-electron chi connectivity index (χ4n) is 3.69. The molecule has 7 heteroatoms. The standard InChI is InChI=1S/C28H19FN4O2/c29-22-14-8-7-13-21(22)28(35)33-32-27(34)20-15-16-23-24(17-20)31-26(19-11-5-2-6-12-19)25(30-23)18-9-3-1-4-10-18/h1-17H,(H,32,34)(H,33,35). The first kappa shape index (κ1) is 21.9. The van der Waals surface area contributed by atoms with Gasteiger partial charge >= 0.3 is 0 Å². The predicted molar refractivity (Wildman–Crippen MR) is 132 cm³/mol. The number of halogens is 1.